The molecule has 2 aromatic rings. The van der Waals surface area contributed by atoms with Gasteiger partial charge in [0.2, 0.25) is 0 Å². The predicted octanol–water partition coefficient (Wildman–Crippen LogP) is 1.22. The molecule has 12 heteroatoms. The summed E-state index contributed by atoms with van der Waals surface area (Å²) in [6, 6.07) is 0. The Balaban J connectivity index is 2.03. The van der Waals surface area contributed by atoms with Crippen molar-refractivity contribution in [1.82, 2.24) is 25.0 Å². The summed E-state index contributed by atoms with van der Waals surface area (Å²) >= 11 is 0. The molecule has 0 unspecified atom stereocenters. The van der Waals surface area contributed by atoms with E-state index in [1.165, 1.54) is 12.7 Å². The number of carbonyl (C=O) groups excluding carboxylic acids is 1. The molecule has 0 radical (unpaired) electrons. The van der Waals surface area contributed by atoms with Crippen molar-refractivity contribution < 1.29 is 28.7 Å². The molecule has 1 atom stereocenters. The molecule has 2 rings (SSSR count). The van der Waals surface area contributed by atoms with Gasteiger partial charge >= 0.3 is 7.60 Å². The summed E-state index contributed by atoms with van der Waals surface area (Å²) in [6.07, 6.45) is 4.46. The maximum Gasteiger partial charge on any atom is 0.350 e. The second kappa shape index (κ2) is 9.86. The van der Waals surface area contributed by atoms with Crippen LogP contribution in [-0.4, -0.2) is 54.3 Å². The lowest BCUT2D eigenvalue weighted by Gasteiger charge is -2.14. The normalized spacial score (nSPS) is 13.0. The molecule has 2 heterocycles. The van der Waals surface area contributed by atoms with E-state index in [0.717, 1.165) is 19.3 Å². The van der Waals surface area contributed by atoms with E-state index >= 15 is 0 Å². The van der Waals surface area contributed by atoms with E-state index in [-0.39, 0.29) is 12.2 Å². The SMILES string of the molecule is CCCCCONC(=O)c1ncnc2c1ncn2C[C@@H](C)OCP(=O)(O)O. The van der Waals surface area contributed by atoms with Crippen molar-refractivity contribution in [3.8, 4) is 0 Å². The molecule has 11 nitrogen and oxygen atoms in total. The van der Waals surface area contributed by atoms with Crippen LogP contribution in [0.25, 0.3) is 11.2 Å². The van der Waals surface area contributed by atoms with Crippen molar-refractivity contribution in [2.45, 2.75) is 45.8 Å². The Labute approximate surface area is 156 Å². The standard InChI is InChI=1S/C15H24N5O6P/c1-3-4-5-6-26-19-15(21)13-12-14(17-8-16-13)20(9-18-12)7-11(2)25-10-27(22,23)24/h8-9,11H,3-7,10H2,1-2H3,(H,19,21)(H2,22,23,24)/t11-/m1/s1. The zero-order valence-electron chi connectivity index (χ0n) is 15.2. The van der Waals surface area contributed by atoms with Gasteiger partial charge in [-0.2, -0.15) is 0 Å². The average molecular weight is 401 g/mol. The highest BCUT2D eigenvalue weighted by molar-refractivity contribution is 7.51. The maximum absolute atomic E-state index is 12.2. The number of hydrogen-bond donors (Lipinski definition) is 3. The topological polar surface area (TPSA) is 149 Å². The zero-order chi connectivity index (χ0) is 19.9. The number of hydroxylamine groups is 1. The molecule has 0 aliphatic heterocycles. The van der Waals surface area contributed by atoms with Crippen LogP contribution in [0.15, 0.2) is 12.7 Å². The predicted molar refractivity (Wildman–Crippen MR) is 95.7 cm³/mol. The van der Waals surface area contributed by atoms with Crippen LogP contribution in [-0.2, 0) is 20.7 Å². The monoisotopic (exact) mass is 401 g/mol. The van der Waals surface area contributed by atoms with Gasteiger partial charge in [0.25, 0.3) is 5.91 Å². The van der Waals surface area contributed by atoms with Crippen LogP contribution in [0, 0.1) is 0 Å². The van der Waals surface area contributed by atoms with Crippen LogP contribution in [0.3, 0.4) is 0 Å². The number of nitrogens with one attached hydrogen (secondary N) is 1. The van der Waals surface area contributed by atoms with Crippen LogP contribution < -0.4 is 5.48 Å². The Morgan fingerprint density at radius 1 is 1.33 bits per heavy atom. The van der Waals surface area contributed by atoms with Crippen LogP contribution in [0.4, 0.5) is 0 Å². The lowest BCUT2D eigenvalue weighted by molar-refractivity contribution is 0.0295. The van der Waals surface area contributed by atoms with Gasteiger partial charge < -0.3 is 19.1 Å². The third kappa shape index (κ3) is 6.64. The number of ether oxygens (including phenoxy) is 1. The van der Waals surface area contributed by atoms with Gasteiger partial charge in [0.15, 0.2) is 11.3 Å². The van der Waals surface area contributed by atoms with Crippen molar-refractivity contribution in [1.29, 1.82) is 0 Å². The molecule has 0 bridgehead atoms. The van der Waals surface area contributed by atoms with Gasteiger partial charge in [-0.25, -0.2) is 20.4 Å². The van der Waals surface area contributed by atoms with E-state index in [4.69, 9.17) is 19.4 Å². The number of nitrogens with zero attached hydrogens (tertiary/aromatic N) is 4. The molecule has 150 valence electrons. The van der Waals surface area contributed by atoms with Crippen molar-refractivity contribution in [2.75, 3.05) is 13.0 Å². The van der Waals surface area contributed by atoms with Crippen molar-refractivity contribution in [3.63, 3.8) is 0 Å². The quantitative estimate of drug-likeness (QED) is 0.287. The number of rotatable bonds is 11. The number of imidazole rings is 1. The highest BCUT2D eigenvalue weighted by Crippen LogP contribution is 2.34. The highest BCUT2D eigenvalue weighted by atomic mass is 31.2. The van der Waals surface area contributed by atoms with Gasteiger partial charge in [-0.3, -0.25) is 14.2 Å². The summed E-state index contributed by atoms with van der Waals surface area (Å²) in [6.45, 7) is 4.41. The molecule has 0 aliphatic carbocycles. The van der Waals surface area contributed by atoms with Crippen molar-refractivity contribution >= 4 is 24.7 Å². The number of amides is 1. The van der Waals surface area contributed by atoms with Gasteiger partial charge in [-0.15, -0.1) is 0 Å². The molecule has 0 fully saturated rings. The molecule has 2 aromatic heterocycles. The fraction of sp³-hybridized carbons (Fsp3) is 0.600. The van der Waals surface area contributed by atoms with Gasteiger partial charge in [-0.05, 0) is 13.3 Å². The average Bonchev–Trinajstić information content (AvgIpc) is 3.02. The fourth-order valence-electron chi connectivity index (χ4n) is 2.32. The smallest absolute Gasteiger partial charge is 0.350 e. The summed E-state index contributed by atoms with van der Waals surface area (Å²) in [4.78, 5) is 47.4. The summed E-state index contributed by atoms with van der Waals surface area (Å²) in [5.41, 5.74) is 3.14. The molecule has 0 spiro atoms. The molecule has 27 heavy (non-hydrogen) atoms. The first kappa shape index (κ1) is 21.4. The summed E-state index contributed by atoms with van der Waals surface area (Å²) in [7, 11) is -4.24. The minimum atomic E-state index is -4.24. The molecule has 0 saturated carbocycles. The summed E-state index contributed by atoms with van der Waals surface area (Å²) in [5.74, 6) is -0.519. The van der Waals surface area contributed by atoms with E-state index in [0.29, 0.717) is 17.8 Å². The van der Waals surface area contributed by atoms with Crippen LogP contribution in [0.2, 0.25) is 0 Å². The summed E-state index contributed by atoms with van der Waals surface area (Å²) < 4.78 is 17.7. The van der Waals surface area contributed by atoms with Crippen LogP contribution in [0.1, 0.15) is 43.6 Å². The fourth-order valence-corrected chi connectivity index (χ4v) is 2.77. The molecular weight excluding hydrogens is 377 g/mol. The van der Waals surface area contributed by atoms with Crippen LogP contribution in [0.5, 0.6) is 0 Å². The Hall–Kier alpha value is -1.91. The number of hydrogen-bond acceptors (Lipinski definition) is 7. The Morgan fingerprint density at radius 3 is 2.81 bits per heavy atom. The lowest BCUT2D eigenvalue weighted by Crippen LogP contribution is -2.25. The molecule has 1 amide bonds. The van der Waals surface area contributed by atoms with Gasteiger partial charge in [0.1, 0.15) is 18.2 Å². The molecule has 3 N–H and O–H groups in total. The minimum absolute atomic E-state index is 0.0815. The van der Waals surface area contributed by atoms with Crippen molar-refractivity contribution in [3.05, 3.63) is 18.3 Å². The summed E-state index contributed by atoms with van der Waals surface area (Å²) in [5, 5.41) is 0. The molecular formula is C15H24N5O6P. The van der Waals surface area contributed by atoms with E-state index in [1.54, 1.807) is 11.5 Å². The van der Waals surface area contributed by atoms with E-state index < -0.39 is 26.0 Å². The first-order valence-corrected chi connectivity index (χ1v) is 10.4. The first-order chi connectivity index (χ1) is 12.8. The Bertz CT molecular complexity index is 807. The number of aromatic nitrogens is 4. The highest BCUT2D eigenvalue weighted by Gasteiger charge is 2.19. The molecule has 0 aromatic carbocycles. The van der Waals surface area contributed by atoms with Gasteiger partial charge in [0, 0.05) is 0 Å². The minimum Gasteiger partial charge on any atom is -0.364 e. The maximum atomic E-state index is 12.2. The Morgan fingerprint density at radius 2 is 2.11 bits per heavy atom. The second-order valence-electron chi connectivity index (χ2n) is 6.05. The molecule has 0 saturated heterocycles. The van der Waals surface area contributed by atoms with E-state index in [2.05, 4.69) is 27.4 Å². The zero-order valence-corrected chi connectivity index (χ0v) is 16.1. The van der Waals surface area contributed by atoms with E-state index in [9.17, 15) is 9.36 Å². The third-order valence-electron chi connectivity index (χ3n) is 3.61. The number of carbonyl (C=O) groups is 1. The first-order valence-electron chi connectivity index (χ1n) is 8.56. The van der Waals surface area contributed by atoms with Crippen LogP contribution >= 0.6 is 7.60 Å². The lowest BCUT2D eigenvalue weighted by atomic mass is 10.3. The Kier molecular flexibility index (Phi) is 7.81. The third-order valence-corrected chi connectivity index (χ3v) is 4.10. The van der Waals surface area contributed by atoms with Crippen molar-refractivity contribution in [2.24, 2.45) is 0 Å². The van der Waals surface area contributed by atoms with E-state index in [1.807, 2.05) is 0 Å². The van der Waals surface area contributed by atoms with Gasteiger partial charge in [-0.1, -0.05) is 19.8 Å². The van der Waals surface area contributed by atoms with Gasteiger partial charge in [0.05, 0.1) is 25.6 Å². The number of unbranched alkanes of at least 4 members (excludes halogenated alkanes) is 2. The largest absolute Gasteiger partial charge is 0.364 e. The molecule has 0 aliphatic rings. The number of fused-ring (bicyclic) bond motifs is 1. The second-order valence-corrected chi connectivity index (χ2v) is 7.64.